The smallest absolute Gasteiger partial charge is 0.407 e. The van der Waals surface area contributed by atoms with Gasteiger partial charge in [-0.15, -0.1) is 0 Å². The van der Waals surface area contributed by atoms with E-state index in [1.165, 1.54) is 10.8 Å². The molecule has 5 nitrogen and oxygen atoms in total. The zero-order chi connectivity index (χ0) is 16.3. The highest BCUT2D eigenvalue weighted by molar-refractivity contribution is 8.76. The lowest BCUT2D eigenvalue weighted by molar-refractivity contribution is -0.136. The number of alkyl carbamates (subject to hydrolysis) is 1. The molecule has 21 heavy (non-hydrogen) atoms. The van der Waals surface area contributed by atoms with Crippen molar-refractivity contribution in [1.29, 1.82) is 0 Å². The summed E-state index contributed by atoms with van der Waals surface area (Å²) in [5, 5.41) is 11.4. The van der Waals surface area contributed by atoms with Gasteiger partial charge in [0, 0.05) is 17.5 Å². The summed E-state index contributed by atoms with van der Waals surface area (Å²) in [4.78, 5) is 22.2. The highest BCUT2D eigenvalue weighted by Gasteiger charge is 2.19. The van der Waals surface area contributed by atoms with Crippen molar-refractivity contribution in [1.82, 2.24) is 5.32 Å². The van der Waals surface area contributed by atoms with Crippen molar-refractivity contribution in [3.63, 3.8) is 0 Å². The standard InChI is InChI=1S/C13H25NO4S3/c1-13(2,3)18-12(17)14-10(5-7-19-4)9-21-20-8-6-11(15)16/h10H,5-9H2,1-4H3,(H,14,17)(H,15,16). The van der Waals surface area contributed by atoms with E-state index in [0.29, 0.717) is 5.75 Å². The van der Waals surface area contributed by atoms with Crippen LogP contribution in [0, 0.1) is 0 Å². The van der Waals surface area contributed by atoms with Crippen LogP contribution in [-0.2, 0) is 9.53 Å². The molecule has 0 aromatic heterocycles. The Morgan fingerprint density at radius 3 is 2.43 bits per heavy atom. The molecule has 0 bridgehead atoms. The number of thioether (sulfide) groups is 1. The largest absolute Gasteiger partial charge is 0.481 e. The van der Waals surface area contributed by atoms with Gasteiger partial charge in [-0.05, 0) is 39.2 Å². The number of carbonyl (C=O) groups is 2. The van der Waals surface area contributed by atoms with Crippen molar-refractivity contribution < 1.29 is 19.4 Å². The van der Waals surface area contributed by atoms with Crippen LogP contribution in [-0.4, -0.2) is 52.3 Å². The molecule has 0 aromatic rings. The first kappa shape index (κ1) is 20.8. The van der Waals surface area contributed by atoms with E-state index >= 15 is 0 Å². The highest BCUT2D eigenvalue weighted by atomic mass is 33.1. The molecule has 0 saturated heterocycles. The minimum Gasteiger partial charge on any atom is -0.481 e. The molecule has 0 aliphatic heterocycles. The first-order valence-electron chi connectivity index (χ1n) is 6.69. The number of aliphatic carboxylic acids is 1. The van der Waals surface area contributed by atoms with Gasteiger partial charge in [0.2, 0.25) is 0 Å². The van der Waals surface area contributed by atoms with E-state index in [4.69, 9.17) is 9.84 Å². The van der Waals surface area contributed by atoms with E-state index < -0.39 is 17.7 Å². The van der Waals surface area contributed by atoms with E-state index in [1.807, 2.05) is 27.0 Å². The lowest BCUT2D eigenvalue weighted by Crippen LogP contribution is -2.40. The van der Waals surface area contributed by atoms with E-state index in [2.05, 4.69) is 5.32 Å². The third-order valence-corrected chi connectivity index (χ3v) is 5.27. The van der Waals surface area contributed by atoms with Crippen LogP contribution in [0.3, 0.4) is 0 Å². The maximum Gasteiger partial charge on any atom is 0.407 e. The van der Waals surface area contributed by atoms with Gasteiger partial charge in [0.1, 0.15) is 5.60 Å². The summed E-state index contributed by atoms with van der Waals surface area (Å²) in [6.07, 6.45) is 2.66. The molecule has 0 fully saturated rings. The fourth-order valence-corrected chi connectivity index (χ4v) is 4.04. The average molecular weight is 356 g/mol. The number of hydrogen-bond acceptors (Lipinski definition) is 6. The topological polar surface area (TPSA) is 75.6 Å². The number of carboxylic acids is 1. The zero-order valence-corrected chi connectivity index (χ0v) is 15.5. The van der Waals surface area contributed by atoms with Gasteiger partial charge in [0.05, 0.1) is 6.42 Å². The summed E-state index contributed by atoms with van der Waals surface area (Å²) in [5.74, 6) is 1.49. The average Bonchev–Trinajstić information content (AvgIpc) is 2.32. The summed E-state index contributed by atoms with van der Waals surface area (Å²) in [6, 6.07) is 0.0367. The predicted octanol–water partition coefficient (Wildman–Crippen LogP) is 3.49. The van der Waals surface area contributed by atoms with Crippen molar-refractivity contribution in [3.05, 3.63) is 0 Å². The van der Waals surface area contributed by atoms with Crippen molar-refractivity contribution in [2.45, 2.75) is 45.3 Å². The van der Waals surface area contributed by atoms with E-state index in [9.17, 15) is 9.59 Å². The quantitative estimate of drug-likeness (QED) is 0.459. The fourth-order valence-electron chi connectivity index (χ4n) is 1.25. The van der Waals surface area contributed by atoms with E-state index in [0.717, 1.165) is 17.9 Å². The SMILES string of the molecule is CSCCC(CSSCCC(=O)O)NC(=O)OC(C)(C)C. The van der Waals surface area contributed by atoms with Gasteiger partial charge in [0.15, 0.2) is 0 Å². The molecule has 1 unspecified atom stereocenters. The number of hydrogen-bond donors (Lipinski definition) is 2. The lowest BCUT2D eigenvalue weighted by Gasteiger charge is -2.23. The Morgan fingerprint density at radius 2 is 1.90 bits per heavy atom. The van der Waals surface area contributed by atoms with Gasteiger partial charge in [-0.1, -0.05) is 21.6 Å². The Morgan fingerprint density at radius 1 is 1.24 bits per heavy atom. The molecule has 0 aliphatic carbocycles. The fraction of sp³-hybridized carbons (Fsp3) is 0.846. The number of ether oxygens (including phenoxy) is 1. The van der Waals surface area contributed by atoms with Gasteiger partial charge in [-0.25, -0.2) is 4.79 Å². The highest BCUT2D eigenvalue weighted by Crippen LogP contribution is 2.24. The lowest BCUT2D eigenvalue weighted by atomic mass is 10.2. The Bertz CT molecular complexity index is 321. The zero-order valence-electron chi connectivity index (χ0n) is 13.0. The maximum absolute atomic E-state index is 11.8. The van der Waals surface area contributed by atoms with Gasteiger partial charge in [-0.2, -0.15) is 11.8 Å². The molecule has 0 heterocycles. The Labute approximate surface area is 139 Å². The van der Waals surface area contributed by atoms with Crippen molar-refractivity contribution in [2.24, 2.45) is 0 Å². The molecule has 0 spiro atoms. The van der Waals surface area contributed by atoms with Crippen molar-refractivity contribution >= 4 is 45.4 Å². The molecule has 0 aromatic carbocycles. The summed E-state index contributed by atoms with van der Waals surface area (Å²) < 4.78 is 5.26. The molecule has 124 valence electrons. The van der Waals surface area contributed by atoms with Gasteiger partial charge >= 0.3 is 12.1 Å². The number of nitrogens with one attached hydrogen (secondary N) is 1. The molecular formula is C13H25NO4S3. The first-order chi connectivity index (χ1) is 9.74. The van der Waals surface area contributed by atoms with Crippen molar-refractivity contribution in [2.75, 3.05) is 23.5 Å². The Kier molecular flexibility index (Phi) is 11.3. The molecule has 8 heteroatoms. The minimum atomic E-state index is -0.783. The Balaban J connectivity index is 4.07. The summed E-state index contributed by atoms with van der Waals surface area (Å²) in [6.45, 7) is 5.50. The van der Waals surface area contributed by atoms with E-state index in [-0.39, 0.29) is 12.5 Å². The third-order valence-electron chi connectivity index (χ3n) is 2.14. The number of rotatable bonds is 10. The summed E-state index contributed by atoms with van der Waals surface area (Å²) in [5.41, 5.74) is -0.502. The van der Waals surface area contributed by atoms with Crippen LogP contribution in [0.25, 0.3) is 0 Å². The molecule has 1 atom stereocenters. The maximum atomic E-state index is 11.8. The number of carbonyl (C=O) groups excluding carboxylic acids is 1. The second-order valence-electron chi connectivity index (χ2n) is 5.37. The molecule has 0 saturated carbocycles. The number of carboxylic acid groups (broad SMARTS) is 1. The van der Waals surface area contributed by atoms with Crippen LogP contribution >= 0.6 is 33.3 Å². The number of amides is 1. The van der Waals surface area contributed by atoms with Gasteiger partial charge < -0.3 is 15.2 Å². The second kappa shape index (κ2) is 11.4. The van der Waals surface area contributed by atoms with Gasteiger partial charge in [-0.3, -0.25) is 4.79 Å². The molecule has 1 amide bonds. The monoisotopic (exact) mass is 355 g/mol. The summed E-state index contributed by atoms with van der Waals surface area (Å²) >= 11 is 1.73. The third kappa shape index (κ3) is 14.5. The normalized spacial score (nSPS) is 12.8. The molecule has 0 radical (unpaired) electrons. The van der Waals surface area contributed by atoms with Crippen LogP contribution in [0.1, 0.15) is 33.6 Å². The molecular weight excluding hydrogens is 330 g/mol. The van der Waals surface area contributed by atoms with E-state index in [1.54, 1.807) is 22.6 Å². The first-order valence-corrected chi connectivity index (χ1v) is 10.6. The predicted molar refractivity (Wildman–Crippen MR) is 93.3 cm³/mol. The second-order valence-corrected chi connectivity index (χ2v) is 8.99. The van der Waals surface area contributed by atoms with Crippen LogP contribution in [0.15, 0.2) is 0 Å². The van der Waals surface area contributed by atoms with Crippen molar-refractivity contribution in [3.8, 4) is 0 Å². The van der Waals surface area contributed by atoms with Crippen LogP contribution in [0.4, 0.5) is 4.79 Å². The van der Waals surface area contributed by atoms with Crippen LogP contribution < -0.4 is 5.32 Å². The summed E-state index contributed by atoms with van der Waals surface area (Å²) in [7, 11) is 3.11. The molecule has 0 aliphatic rings. The van der Waals surface area contributed by atoms with Crippen LogP contribution in [0.5, 0.6) is 0 Å². The minimum absolute atomic E-state index is 0.0367. The molecule has 0 rings (SSSR count). The Hall–Kier alpha value is -0.210. The van der Waals surface area contributed by atoms with Crippen LogP contribution in [0.2, 0.25) is 0 Å². The molecule has 2 N–H and O–H groups in total. The van der Waals surface area contributed by atoms with Gasteiger partial charge in [0.25, 0.3) is 0 Å².